The number of anilines is 1. The van der Waals surface area contributed by atoms with Gasteiger partial charge in [-0.25, -0.2) is 0 Å². The van der Waals surface area contributed by atoms with Crippen molar-refractivity contribution in [1.82, 2.24) is 5.16 Å². The van der Waals surface area contributed by atoms with E-state index < -0.39 is 0 Å². The first-order chi connectivity index (χ1) is 9.16. The largest absolute Gasteiger partial charge is 0.380 e. The van der Waals surface area contributed by atoms with E-state index in [1.165, 1.54) is 0 Å². The van der Waals surface area contributed by atoms with Crippen molar-refractivity contribution in [2.24, 2.45) is 0 Å². The van der Waals surface area contributed by atoms with Crippen LogP contribution in [0.15, 0.2) is 40.2 Å². The molecule has 2 N–H and O–H groups in total. The lowest BCUT2D eigenvalue weighted by Gasteiger charge is -2.03. The summed E-state index contributed by atoms with van der Waals surface area (Å²) in [6.07, 6.45) is 0. The highest BCUT2D eigenvalue weighted by atomic mass is 35.5. The monoisotopic (exact) mass is 290 g/mol. The van der Waals surface area contributed by atoms with Gasteiger partial charge in [0.15, 0.2) is 11.6 Å². The highest BCUT2D eigenvalue weighted by Crippen LogP contribution is 2.39. The van der Waals surface area contributed by atoms with Crippen molar-refractivity contribution in [2.75, 3.05) is 5.73 Å². The molecular formula is C14H11ClN2OS. The molecule has 0 fully saturated rings. The summed E-state index contributed by atoms with van der Waals surface area (Å²) in [5.74, 6) is 1.09. The molecule has 19 heavy (non-hydrogen) atoms. The number of nitrogen functional groups attached to an aromatic ring is 1. The quantitative estimate of drug-likeness (QED) is 0.749. The first-order valence-electron chi connectivity index (χ1n) is 5.72. The zero-order valence-electron chi connectivity index (χ0n) is 10.2. The molecule has 96 valence electrons. The summed E-state index contributed by atoms with van der Waals surface area (Å²) < 4.78 is 5.39. The molecule has 0 amide bonds. The summed E-state index contributed by atoms with van der Waals surface area (Å²) in [5, 5.41) is 6.61. The van der Waals surface area contributed by atoms with Gasteiger partial charge in [0.05, 0.1) is 5.56 Å². The van der Waals surface area contributed by atoms with Crippen LogP contribution in [0.3, 0.4) is 0 Å². The number of benzene rings is 1. The molecule has 0 saturated heterocycles. The van der Waals surface area contributed by atoms with Gasteiger partial charge < -0.3 is 10.3 Å². The van der Waals surface area contributed by atoms with E-state index in [1.54, 1.807) is 11.3 Å². The van der Waals surface area contributed by atoms with E-state index in [2.05, 4.69) is 5.16 Å². The topological polar surface area (TPSA) is 52.0 Å². The lowest BCUT2D eigenvalue weighted by Crippen LogP contribution is -1.87. The maximum atomic E-state index is 6.04. The zero-order valence-corrected chi connectivity index (χ0v) is 11.8. The van der Waals surface area contributed by atoms with Gasteiger partial charge in [0.25, 0.3) is 0 Å². The van der Waals surface area contributed by atoms with Gasteiger partial charge >= 0.3 is 0 Å². The summed E-state index contributed by atoms with van der Waals surface area (Å²) >= 11 is 7.65. The van der Waals surface area contributed by atoms with Crippen LogP contribution in [0.4, 0.5) is 5.82 Å². The van der Waals surface area contributed by atoms with Crippen LogP contribution in [0.25, 0.3) is 21.8 Å². The number of aromatic nitrogens is 1. The highest BCUT2D eigenvalue weighted by Gasteiger charge is 2.18. The molecule has 0 aliphatic rings. The minimum atomic E-state index is 0.407. The minimum absolute atomic E-state index is 0.407. The Bertz CT molecular complexity index is 719. The van der Waals surface area contributed by atoms with Crippen LogP contribution in [0.5, 0.6) is 0 Å². The molecule has 0 spiro atoms. The molecule has 3 aromatic rings. The smallest absolute Gasteiger partial charge is 0.177 e. The molecule has 1 aromatic carbocycles. The number of nitrogens with zero attached hydrogens (tertiary/aromatic N) is 1. The molecule has 0 unspecified atom stereocenters. The molecular weight excluding hydrogens is 280 g/mol. The Morgan fingerprint density at radius 1 is 1.32 bits per heavy atom. The van der Waals surface area contributed by atoms with Crippen LogP contribution in [0.2, 0.25) is 5.02 Å². The Morgan fingerprint density at radius 3 is 2.84 bits per heavy atom. The van der Waals surface area contributed by atoms with E-state index in [1.807, 2.05) is 42.6 Å². The van der Waals surface area contributed by atoms with Crippen LogP contribution >= 0.6 is 22.9 Å². The lowest BCUT2D eigenvalue weighted by molar-refractivity contribution is 0.436. The van der Waals surface area contributed by atoms with Crippen molar-refractivity contribution < 1.29 is 4.52 Å². The van der Waals surface area contributed by atoms with E-state index in [4.69, 9.17) is 21.9 Å². The Kier molecular flexibility index (Phi) is 3.05. The summed E-state index contributed by atoms with van der Waals surface area (Å²) in [6, 6.07) is 9.71. The molecule has 0 radical (unpaired) electrons. The average Bonchev–Trinajstić information content (AvgIpc) is 3.01. The van der Waals surface area contributed by atoms with E-state index in [-0.39, 0.29) is 0 Å². The van der Waals surface area contributed by atoms with Crippen LogP contribution < -0.4 is 5.73 Å². The maximum absolute atomic E-state index is 6.04. The second kappa shape index (κ2) is 4.72. The fourth-order valence-corrected chi connectivity index (χ4v) is 2.84. The average molecular weight is 291 g/mol. The van der Waals surface area contributed by atoms with Crippen molar-refractivity contribution in [3.8, 4) is 21.8 Å². The Morgan fingerprint density at radius 2 is 2.16 bits per heavy atom. The van der Waals surface area contributed by atoms with E-state index in [0.717, 1.165) is 26.6 Å². The Labute approximate surface area is 119 Å². The number of halogens is 1. The first-order valence-corrected chi connectivity index (χ1v) is 6.98. The van der Waals surface area contributed by atoms with Crippen LogP contribution in [-0.4, -0.2) is 5.16 Å². The summed E-state index contributed by atoms with van der Waals surface area (Å²) in [6.45, 7) is 1.95. The van der Waals surface area contributed by atoms with E-state index in [0.29, 0.717) is 11.6 Å². The van der Waals surface area contributed by atoms with Crippen molar-refractivity contribution in [3.63, 3.8) is 0 Å². The zero-order chi connectivity index (χ0) is 13.4. The molecule has 5 heteroatoms. The number of hydrogen-bond donors (Lipinski definition) is 1. The second-order valence-corrected chi connectivity index (χ2v) is 5.57. The number of nitrogens with two attached hydrogens (primary N) is 1. The van der Waals surface area contributed by atoms with Gasteiger partial charge in [-0.3, -0.25) is 0 Å². The predicted octanol–water partition coefficient (Wildman–Crippen LogP) is 4.61. The van der Waals surface area contributed by atoms with Crippen molar-refractivity contribution >= 4 is 28.8 Å². The normalized spacial score (nSPS) is 10.8. The third-order valence-corrected chi connectivity index (χ3v) is 4.22. The lowest BCUT2D eigenvalue weighted by atomic mass is 10.1. The first kappa shape index (κ1) is 12.3. The number of thiophene rings is 1. The van der Waals surface area contributed by atoms with Crippen LogP contribution in [0.1, 0.15) is 5.56 Å². The summed E-state index contributed by atoms with van der Waals surface area (Å²) in [7, 11) is 0. The number of hydrogen-bond acceptors (Lipinski definition) is 4. The molecule has 2 aromatic heterocycles. The SMILES string of the molecule is Cc1cc(-c2onc(N)c2-c2cccs2)ccc1Cl. The minimum Gasteiger partial charge on any atom is -0.380 e. The van der Waals surface area contributed by atoms with Gasteiger partial charge in [-0.05, 0) is 42.1 Å². The van der Waals surface area contributed by atoms with Gasteiger partial charge in [-0.2, -0.15) is 0 Å². The Hall–Kier alpha value is -1.78. The van der Waals surface area contributed by atoms with Gasteiger partial charge in [-0.15, -0.1) is 11.3 Å². The van der Waals surface area contributed by atoms with Crippen LogP contribution in [0, 0.1) is 6.92 Å². The maximum Gasteiger partial charge on any atom is 0.177 e. The van der Waals surface area contributed by atoms with Crippen LogP contribution in [-0.2, 0) is 0 Å². The third-order valence-electron chi connectivity index (χ3n) is 2.91. The Balaban J connectivity index is 2.18. The molecule has 2 heterocycles. The van der Waals surface area contributed by atoms with Gasteiger partial charge in [-0.1, -0.05) is 22.8 Å². The third kappa shape index (κ3) is 2.13. The van der Waals surface area contributed by atoms with Gasteiger partial charge in [0.2, 0.25) is 0 Å². The molecule has 0 atom stereocenters. The van der Waals surface area contributed by atoms with E-state index in [9.17, 15) is 0 Å². The summed E-state index contributed by atoms with van der Waals surface area (Å²) in [4.78, 5) is 1.04. The number of rotatable bonds is 2. The molecule has 0 saturated carbocycles. The molecule has 3 rings (SSSR count). The highest BCUT2D eigenvalue weighted by molar-refractivity contribution is 7.13. The second-order valence-electron chi connectivity index (χ2n) is 4.21. The molecule has 0 aliphatic carbocycles. The fraction of sp³-hybridized carbons (Fsp3) is 0.0714. The van der Waals surface area contributed by atoms with E-state index >= 15 is 0 Å². The van der Waals surface area contributed by atoms with Crippen molar-refractivity contribution in [1.29, 1.82) is 0 Å². The summed E-state index contributed by atoms with van der Waals surface area (Å²) in [5.41, 5.74) is 8.68. The molecule has 3 nitrogen and oxygen atoms in total. The standard InChI is InChI=1S/C14H11ClN2OS/c1-8-7-9(4-5-10(8)15)13-12(14(16)17-18-13)11-3-2-6-19-11/h2-7H,1H3,(H2,16,17). The van der Waals surface area contributed by atoms with Crippen molar-refractivity contribution in [3.05, 3.63) is 46.3 Å². The van der Waals surface area contributed by atoms with Gasteiger partial charge in [0.1, 0.15) is 0 Å². The number of aryl methyl sites for hydroxylation is 1. The van der Waals surface area contributed by atoms with Gasteiger partial charge in [0, 0.05) is 15.5 Å². The molecule has 0 aliphatic heterocycles. The molecule has 0 bridgehead atoms. The van der Waals surface area contributed by atoms with Crippen molar-refractivity contribution in [2.45, 2.75) is 6.92 Å². The fourth-order valence-electron chi connectivity index (χ4n) is 1.94. The predicted molar refractivity (Wildman–Crippen MR) is 79.4 cm³/mol.